The molecule has 0 aromatic carbocycles. The lowest BCUT2D eigenvalue weighted by Gasteiger charge is -2.60. The minimum atomic E-state index is -0.169. The topological polar surface area (TPSA) is 34.1 Å². The van der Waals surface area contributed by atoms with Gasteiger partial charge in [0.05, 0.1) is 0 Å². The van der Waals surface area contributed by atoms with Gasteiger partial charge < -0.3 is 0 Å². The molecular weight excluding hydrogens is 308 g/mol. The smallest absolute Gasteiger partial charge is 0.198 e. The van der Waals surface area contributed by atoms with Crippen molar-refractivity contribution in [3.05, 3.63) is 0 Å². The summed E-state index contributed by atoms with van der Waals surface area (Å²) in [6, 6.07) is 0. The summed E-state index contributed by atoms with van der Waals surface area (Å²) in [7, 11) is 0. The van der Waals surface area contributed by atoms with Gasteiger partial charge in [0.1, 0.15) is 0 Å². The van der Waals surface area contributed by atoms with Crippen LogP contribution < -0.4 is 0 Å². The van der Waals surface area contributed by atoms with Gasteiger partial charge in [-0.15, -0.1) is 0 Å². The zero-order chi connectivity index (χ0) is 17.8. The van der Waals surface area contributed by atoms with Crippen molar-refractivity contribution in [2.75, 3.05) is 0 Å². The summed E-state index contributed by atoms with van der Waals surface area (Å²) in [6.07, 6.45) is 14.3. The molecule has 0 aliphatic heterocycles. The Bertz CT molecular complexity index is 554. The van der Waals surface area contributed by atoms with Crippen molar-refractivity contribution in [2.24, 2.45) is 46.3 Å². The highest BCUT2D eigenvalue weighted by atomic mass is 16.2. The third-order valence-electron chi connectivity index (χ3n) is 9.83. The van der Waals surface area contributed by atoms with Crippen LogP contribution in [0.4, 0.5) is 0 Å². The number of rotatable bonds is 3. The molecular formula is C23H36O2. The van der Waals surface area contributed by atoms with Crippen LogP contribution in [0.2, 0.25) is 0 Å². The lowest BCUT2D eigenvalue weighted by molar-refractivity contribution is -0.137. The zero-order valence-electron chi connectivity index (χ0n) is 16.4. The molecule has 2 nitrogen and oxygen atoms in total. The van der Waals surface area contributed by atoms with E-state index in [2.05, 4.69) is 13.8 Å². The van der Waals surface area contributed by atoms with Crippen LogP contribution in [0.25, 0.3) is 0 Å². The number of hydrogen-bond donors (Lipinski definition) is 0. The largest absolute Gasteiger partial charge is 0.295 e. The third kappa shape index (κ3) is 2.49. The van der Waals surface area contributed by atoms with Crippen molar-refractivity contribution in [1.82, 2.24) is 0 Å². The average Bonchev–Trinajstić information content (AvgIpc) is 2.97. The van der Waals surface area contributed by atoms with Gasteiger partial charge in [0.25, 0.3) is 0 Å². The Kier molecular flexibility index (Phi) is 4.40. The molecule has 4 aliphatic rings. The van der Waals surface area contributed by atoms with Crippen LogP contribution in [0.1, 0.15) is 85.0 Å². The third-order valence-corrected chi connectivity index (χ3v) is 9.83. The molecule has 4 saturated carbocycles. The molecule has 0 aromatic heterocycles. The lowest BCUT2D eigenvalue weighted by atomic mass is 9.44. The molecule has 0 saturated heterocycles. The fourth-order valence-electron chi connectivity index (χ4n) is 8.46. The zero-order valence-corrected chi connectivity index (χ0v) is 16.4. The number of carbonyl (C=O) groups excluding carboxylic acids is 2. The first kappa shape index (κ1) is 17.7. The maximum absolute atomic E-state index is 12.1. The van der Waals surface area contributed by atoms with Crippen LogP contribution in [-0.2, 0) is 9.59 Å². The quantitative estimate of drug-likeness (QED) is 0.504. The van der Waals surface area contributed by atoms with E-state index < -0.39 is 0 Å². The summed E-state index contributed by atoms with van der Waals surface area (Å²) in [5.41, 5.74) is 0.877. The minimum Gasteiger partial charge on any atom is -0.295 e. The van der Waals surface area contributed by atoms with Gasteiger partial charge in [-0.2, -0.15) is 0 Å². The molecule has 2 unspecified atom stereocenters. The number of hydrogen-bond acceptors (Lipinski definition) is 2. The maximum atomic E-state index is 12.1. The molecule has 0 spiro atoms. The molecule has 0 amide bonds. The van der Waals surface area contributed by atoms with Gasteiger partial charge in [-0.25, -0.2) is 0 Å². The highest BCUT2D eigenvalue weighted by Gasteiger charge is 2.60. The molecule has 0 N–H and O–H groups in total. The van der Waals surface area contributed by atoms with E-state index in [0.717, 1.165) is 30.1 Å². The first-order valence-electron chi connectivity index (χ1n) is 10.9. The van der Waals surface area contributed by atoms with E-state index in [1.807, 2.05) is 6.92 Å². The predicted molar refractivity (Wildman–Crippen MR) is 100 cm³/mol. The Morgan fingerprint density at radius 1 is 0.920 bits per heavy atom. The van der Waals surface area contributed by atoms with Crippen molar-refractivity contribution in [2.45, 2.75) is 85.0 Å². The standard InChI is InChI=1S/C23H36O2/c1-15(21(25)14-24)18-9-10-19-17-8-7-16-6-4-5-12-22(16,2)20(17)11-13-23(18,19)3/h14-20H,4-13H2,1-3H3/t15?,16?,17-,18+,19-,20-,22-,23+/m0/s1. The summed E-state index contributed by atoms with van der Waals surface area (Å²) in [4.78, 5) is 23.1. The monoisotopic (exact) mass is 344 g/mol. The van der Waals surface area contributed by atoms with Crippen molar-refractivity contribution in [3.63, 3.8) is 0 Å². The molecule has 4 fully saturated rings. The van der Waals surface area contributed by atoms with Crippen LogP contribution in [0.5, 0.6) is 0 Å². The van der Waals surface area contributed by atoms with Crippen LogP contribution in [0.3, 0.4) is 0 Å². The van der Waals surface area contributed by atoms with Gasteiger partial charge in [0.15, 0.2) is 12.1 Å². The molecule has 25 heavy (non-hydrogen) atoms. The second-order valence-corrected chi connectivity index (χ2v) is 10.4. The molecule has 0 heterocycles. The van der Waals surface area contributed by atoms with Gasteiger partial charge in [0.2, 0.25) is 0 Å². The normalized spacial score (nSPS) is 50.3. The summed E-state index contributed by atoms with van der Waals surface area (Å²) < 4.78 is 0. The average molecular weight is 345 g/mol. The molecule has 8 atom stereocenters. The first-order chi connectivity index (χ1) is 11.9. The minimum absolute atomic E-state index is 0.0781. The Morgan fingerprint density at radius 2 is 1.68 bits per heavy atom. The highest BCUT2D eigenvalue weighted by molar-refractivity contribution is 6.25. The Balaban J connectivity index is 1.59. The van der Waals surface area contributed by atoms with E-state index in [0.29, 0.717) is 17.6 Å². The van der Waals surface area contributed by atoms with Crippen molar-refractivity contribution in [1.29, 1.82) is 0 Å². The van der Waals surface area contributed by atoms with Gasteiger partial charge in [0, 0.05) is 5.92 Å². The second kappa shape index (κ2) is 6.20. The number of carbonyl (C=O) groups is 2. The number of fused-ring (bicyclic) bond motifs is 5. The van der Waals surface area contributed by atoms with Gasteiger partial charge in [-0.1, -0.05) is 33.6 Å². The van der Waals surface area contributed by atoms with E-state index in [1.54, 1.807) is 0 Å². The summed E-state index contributed by atoms with van der Waals surface area (Å²) >= 11 is 0. The molecule has 0 aromatic rings. The lowest BCUT2D eigenvalue weighted by Crippen LogP contribution is -2.53. The molecule has 0 radical (unpaired) electrons. The van der Waals surface area contributed by atoms with Crippen molar-refractivity contribution < 1.29 is 9.59 Å². The van der Waals surface area contributed by atoms with Crippen LogP contribution in [-0.4, -0.2) is 12.1 Å². The van der Waals surface area contributed by atoms with E-state index in [1.165, 1.54) is 57.8 Å². The van der Waals surface area contributed by atoms with E-state index >= 15 is 0 Å². The fraction of sp³-hybridized carbons (Fsp3) is 0.913. The van der Waals surface area contributed by atoms with E-state index in [-0.39, 0.29) is 17.1 Å². The Labute approximate surface area is 153 Å². The fourth-order valence-corrected chi connectivity index (χ4v) is 8.46. The van der Waals surface area contributed by atoms with Crippen molar-refractivity contribution >= 4 is 12.1 Å². The van der Waals surface area contributed by atoms with Crippen molar-refractivity contribution in [3.8, 4) is 0 Å². The molecule has 2 heteroatoms. The van der Waals surface area contributed by atoms with E-state index in [4.69, 9.17) is 0 Å². The first-order valence-corrected chi connectivity index (χ1v) is 10.9. The number of Topliss-reactive ketones (excluding diaryl/α,β-unsaturated/α-hetero) is 1. The van der Waals surface area contributed by atoms with E-state index in [9.17, 15) is 9.59 Å². The van der Waals surface area contributed by atoms with Crippen LogP contribution in [0, 0.1) is 46.3 Å². The summed E-state index contributed by atoms with van der Waals surface area (Å²) in [6.45, 7) is 7.11. The van der Waals surface area contributed by atoms with Crippen LogP contribution in [0.15, 0.2) is 0 Å². The van der Waals surface area contributed by atoms with Crippen LogP contribution >= 0.6 is 0 Å². The summed E-state index contributed by atoms with van der Waals surface area (Å²) in [5, 5.41) is 0. The number of ketones is 1. The van der Waals surface area contributed by atoms with Gasteiger partial charge in [-0.05, 0) is 91.8 Å². The molecule has 140 valence electrons. The highest BCUT2D eigenvalue weighted by Crippen LogP contribution is 2.68. The predicted octanol–water partition coefficient (Wildman–Crippen LogP) is 5.44. The Hall–Kier alpha value is -0.660. The molecule has 4 rings (SSSR count). The second-order valence-electron chi connectivity index (χ2n) is 10.4. The molecule has 4 aliphatic carbocycles. The maximum Gasteiger partial charge on any atom is 0.198 e. The van der Waals surface area contributed by atoms with Gasteiger partial charge >= 0.3 is 0 Å². The Morgan fingerprint density at radius 3 is 2.44 bits per heavy atom. The molecule has 0 bridgehead atoms. The van der Waals surface area contributed by atoms with Gasteiger partial charge in [-0.3, -0.25) is 9.59 Å². The summed E-state index contributed by atoms with van der Waals surface area (Å²) in [5.74, 6) is 3.73. The SMILES string of the molecule is CC(C(=O)C=O)[C@H]1CC[C@H]2[C@@H]3CCC4CCCC[C@]4(C)[C@H]3CC[C@]12C. The number of aldehydes is 1.